The highest BCUT2D eigenvalue weighted by molar-refractivity contribution is 5.33. The zero-order valence-electron chi connectivity index (χ0n) is 13.6. The minimum atomic E-state index is -0.926. The molecule has 0 saturated heterocycles. The van der Waals surface area contributed by atoms with Gasteiger partial charge in [-0.05, 0) is 43.4 Å². The summed E-state index contributed by atoms with van der Waals surface area (Å²) in [7, 11) is 1.65. The third-order valence-corrected chi connectivity index (χ3v) is 5.58. The molecule has 3 heteroatoms. The maximum absolute atomic E-state index is 11.4. The summed E-state index contributed by atoms with van der Waals surface area (Å²) >= 11 is 0. The van der Waals surface area contributed by atoms with Gasteiger partial charge in [-0.3, -0.25) is 0 Å². The van der Waals surface area contributed by atoms with E-state index in [1.54, 1.807) is 7.11 Å². The van der Waals surface area contributed by atoms with Crippen molar-refractivity contribution >= 4 is 0 Å². The molecule has 1 fully saturated rings. The van der Waals surface area contributed by atoms with E-state index in [9.17, 15) is 5.11 Å². The van der Waals surface area contributed by atoms with E-state index in [0.29, 0.717) is 12.5 Å². The van der Waals surface area contributed by atoms with Crippen LogP contribution in [0.2, 0.25) is 0 Å². The smallest absolute Gasteiger partial charge is 0.119 e. The number of hydrogen-bond acceptors (Lipinski definition) is 3. The Hall–Kier alpha value is -1.06. The number of rotatable bonds is 5. The highest BCUT2D eigenvalue weighted by Crippen LogP contribution is 2.51. The molecule has 0 amide bonds. The van der Waals surface area contributed by atoms with Crippen molar-refractivity contribution in [1.29, 1.82) is 0 Å². The molecular weight excluding hydrogens is 262 g/mol. The third-order valence-electron chi connectivity index (χ3n) is 5.58. The molecule has 2 rings (SSSR count). The summed E-state index contributed by atoms with van der Waals surface area (Å²) in [5.41, 5.74) is 5.90. The second-order valence-electron chi connectivity index (χ2n) is 6.66. The van der Waals surface area contributed by atoms with Gasteiger partial charge in [0, 0.05) is 12.0 Å². The van der Waals surface area contributed by atoms with Crippen molar-refractivity contribution in [2.45, 2.75) is 51.6 Å². The van der Waals surface area contributed by atoms with E-state index in [0.717, 1.165) is 37.0 Å². The monoisotopic (exact) mass is 291 g/mol. The molecule has 1 aromatic carbocycles. The summed E-state index contributed by atoms with van der Waals surface area (Å²) in [6.45, 7) is 4.68. The van der Waals surface area contributed by atoms with Crippen molar-refractivity contribution in [2.75, 3.05) is 13.7 Å². The topological polar surface area (TPSA) is 55.5 Å². The van der Waals surface area contributed by atoms with E-state index in [2.05, 4.69) is 6.92 Å². The van der Waals surface area contributed by atoms with Crippen molar-refractivity contribution in [3.05, 3.63) is 29.8 Å². The predicted octanol–water partition coefficient (Wildman–Crippen LogP) is 3.45. The van der Waals surface area contributed by atoms with Crippen LogP contribution in [0.4, 0.5) is 0 Å². The average Bonchev–Trinajstić information content (AvgIpc) is 2.54. The molecule has 0 heterocycles. The summed E-state index contributed by atoms with van der Waals surface area (Å²) in [6, 6.07) is 7.76. The Morgan fingerprint density at radius 1 is 1.48 bits per heavy atom. The number of benzene rings is 1. The normalized spacial score (nSPS) is 28.9. The lowest BCUT2D eigenvalue weighted by Crippen LogP contribution is -2.51. The number of aliphatic hydroxyl groups is 1. The van der Waals surface area contributed by atoms with Gasteiger partial charge in [0.1, 0.15) is 5.75 Å². The maximum Gasteiger partial charge on any atom is 0.119 e. The van der Waals surface area contributed by atoms with E-state index >= 15 is 0 Å². The van der Waals surface area contributed by atoms with Crippen LogP contribution in [0.3, 0.4) is 0 Å². The van der Waals surface area contributed by atoms with Crippen LogP contribution >= 0.6 is 0 Å². The minimum absolute atomic E-state index is 0.238. The van der Waals surface area contributed by atoms with Gasteiger partial charge in [0.05, 0.1) is 12.7 Å². The largest absolute Gasteiger partial charge is 0.497 e. The second-order valence-corrected chi connectivity index (χ2v) is 6.66. The Labute approximate surface area is 128 Å². The van der Waals surface area contributed by atoms with Gasteiger partial charge in [-0.1, -0.05) is 38.3 Å². The summed E-state index contributed by atoms with van der Waals surface area (Å²) in [5, 5.41) is 11.4. The van der Waals surface area contributed by atoms with Crippen molar-refractivity contribution < 1.29 is 9.84 Å². The number of methoxy groups -OCH3 is 1. The van der Waals surface area contributed by atoms with Crippen LogP contribution in [-0.4, -0.2) is 18.8 Å². The Morgan fingerprint density at radius 2 is 2.24 bits per heavy atom. The quantitative estimate of drug-likeness (QED) is 0.873. The molecule has 1 aliphatic carbocycles. The van der Waals surface area contributed by atoms with Gasteiger partial charge < -0.3 is 15.6 Å². The van der Waals surface area contributed by atoms with Gasteiger partial charge in [-0.15, -0.1) is 0 Å². The molecule has 3 N–H and O–H groups in total. The van der Waals surface area contributed by atoms with Crippen LogP contribution < -0.4 is 10.5 Å². The standard InChI is InChI=1S/C18H29NO2/c1-4-14-7-6-10-18(12-14,13-19)17(2,20)15-8-5-9-16(11-15)21-3/h5,8-9,11,14,20H,4,6-7,10,12-13,19H2,1-3H3. The molecule has 3 atom stereocenters. The molecule has 0 radical (unpaired) electrons. The molecular formula is C18H29NO2. The summed E-state index contributed by atoms with van der Waals surface area (Å²) in [4.78, 5) is 0. The average molecular weight is 291 g/mol. The first-order chi connectivity index (χ1) is 9.99. The van der Waals surface area contributed by atoms with Crippen molar-refractivity contribution in [2.24, 2.45) is 17.1 Å². The first kappa shape index (κ1) is 16.3. The van der Waals surface area contributed by atoms with Crippen molar-refractivity contribution in [3.8, 4) is 5.75 Å². The van der Waals surface area contributed by atoms with Crippen LogP contribution in [0.15, 0.2) is 24.3 Å². The van der Waals surface area contributed by atoms with Crippen molar-refractivity contribution in [3.63, 3.8) is 0 Å². The molecule has 0 spiro atoms. The van der Waals surface area contributed by atoms with Gasteiger partial charge in [0.15, 0.2) is 0 Å². The molecule has 0 aliphatic heterocycles. The molecule has 118 valence electrons. The van der Waals surface area contributed by atoms with E-state index < -0.39 is 5.60 Å². The van der Waals surface area contributed by atoms with Crippen LogP contribution in [-0.2, 0) is 5.60 Å². The van der Waals surface area contributed by atoms with Gasteiger partial charge in [0.25, 0.3) is 0 Å². The molecule has 3 nitrogen and oxygen atoms in total. The molecule has 21 heavy (non-hydrogen) atoms. The SMILES string of the molecule is CCC1CCCC(CN)(C(C)(O)c2cccc(OC)c2)C1. The molecule has 3 unspecified atom stereocenters. The number of ether oxygens (including phenoxy) is 1. The predicted molar refractivity (Wildman–Crippen MR) is 86.3 cm³/mol. The summed E-state index contributed by atoms with van der Waals surface area (Å²) in [6.07, 6.45) is 5.56. The highest BCUT2D eigenvalue weighted by atomic mass is 16.5. The van der Waals surface area contributed by atoms with Crippen LogP contribution in [0.5, 0.6) is 5.75 Å². The fourth-order valence-electron chi connectivity index (χ4n) is 3.89. The van der Waals surface area contributed by atoms with Gasteiger partial charge in [-0.2, -0.15) is 0 Å². The van der Waals surface area contributed by atoms with Gasteiger partial charge in [-0.25, -0.2) is 0 Å². The Bertz CT molecular complexity index is 472. The lowest BCUT2D eigenvalue weighted by atomic mass is 9.59. The molecule has 1 saturated carbocycles. The fourth-order valence-corrected chi connectivity index (χ4v) is 3.89. The maximum atomic E-state index is 11.4. The highest BCUT2D eigenvalue weighted by Gasteiger charge is 2.49. The number of hydrogen-bond donors (Lipinski definition) is 2. The molecule has 1 aromatic rings. The third kappa shape index (κ3) is 2.95. The van der Waals surface area contributed by atoms with E-state index in [4.69, 9.17) is 10.5 Å². The van der Waals surface area contributed by atoms with Crippen LogP contribution in [0, 0.1) is 11.3 Å². The van der Waals surface area contributed by atoms with Gasteiger partial charge >= 0.3 is 0 Å². The van der Waals surface area contributed by atoms with Crippen molar-refractivity contribution in [1.82, 2.24) is 0 Å². The van der Waals surface area contributed by atoms with E-state index in [1.165, 1.54) is 6.42 Å². The second kappa shape index (κ2) is 6.37. The van der Waals surface area contributed by atoms with Crippen LogP contribution in [0.25, 0.3) is 0 Å². The molecule has 1 aliphatic rings. The Kier molecular flexibility index (Phi) is 4.95. The Morgan fingerprint density at radius 3 is 2.86 bits per heavy atom. The number of nitrogens with two attached hydrogens (primary N) is 1. The first-order valence-corrected chi connectivity index (χ1v) is 8.06. The minimum Gasteiger partial charge on any atom is -0.497 e. The lowest BCUT2D eigenvalue weighted by Gasteiger charge is -2.50. The Balaban J connectivity index is 2.38. The molecule has 0 aromatic heterocycles. The van der Waals surface area contributed by atoms with E-state index in [1.807, 2.05) is 31.2 Å². The van der Waals surface area contributed by atoms with Gasteiger partial charge in [0.2, 0.25) is 0 Å². The van der Waals surface area contributed by atoms with E-state index in [-0.39, 0.29) is 5.41 Å². The summed E-state index contributed by atoms with van der Waals surface area (Å²) < 4.78 is 5.30. The fraction of sp³-hybridized carbons (Fsp3) is 0.667. The summed E-state index contributed by atoms with van der Waals surface area (Å²) in [5.74, 6) is 1.45. The first-order valence-electron chi connectivity index (χ1n) is 8.06. The van der Waals surface area contributed by atoms with Crippen LogP contribution in [0.1, 0.15) is 51.5 Å². The lowest BCUT2D eigenvalue weighted by molar-refractivity contribution is -0.102. The zero-order valence-corrected chi connectivity index (χ0v) is 13.6. The molecule has 0 bridgehead atoms. The zero-order chi connectivity index (χ0) is 15.5.